The number of hydrogen-bond donors (Lipinski definition) is 1. The standard InChI is InChI=1S/C20H24ClF3N4O2S/c1-12-9-20(2,10-27(3)4)11-28(12)14-8-13(22)19(18(24)17(14)21)31(29,30)26-16-7-5-6-15(23)25-16/h5-8,12H,9-11H2,1-4H3,(H,25,26)/t12-,20-/m0/s1. The van der Waals surface area contributed by atoms with E-state index in [9.17, 15) is 17.2 Å². The van der Waals surface area contributed by atoms with Crippen molar-refractivity contribution >= 4 is 33.1 Å². The zero-order valence-electron chi connectivity index (χ0n) is 17.6. The largest absolute Gasteiger partial charge is 0.367 e. The number of rotatable bonds is 6. The van der Waals surface area contributed by atoms with Crippen molar-refractivity contribution in [2.24, 2.45) is 5.41 Å². The molecule has 31 heavy (non-hydrogen) atoms. The van der Waals surface area contributed by atoms with E-state index in [1.165, 1.54) is 6.07 Å². The van der Waals surface area contributed by atoms with Gasteiger partial charge in [-0.1, -0.05) is 24.6 Å². The SMILES string of the molecule is C[C@H]1C[C@@](C)(CN(C)C)CN1c1cc(F)c(S(=O)(=O)Nc2cccc(F)n2)c(F)c1Cl. The highest BCUT2D eigenvalue weighted by atomic mass is 35.5. The Morgan fingerprint density at radius 3 is 2.61 bits per heavy atom. The van der Waals surface area contributed by atoms with Crippen molar-refractivity contribution in [3.8, 4) is 0 Å². The van der Waals surface area contributed by atoms with E-state index in [0.29, 0.717) is 6.54 Å². The second-order valence-corrected chi connectivity index (χ2v) is 10.5. The predicted molar refractivity (Wildman–Crippen MR) is 114 cm³/mol. The fraction of sp³-hybridized carbons (Fsp3) is 0.450. The van der Waals surface area contributed by atoms with E-state index in [1.54, 1.807) is 4.90 Å². The summed E-state index contributed by atoms with van der Waals surface area (Å²) in [5.41, 5.74) is -0.0383. The number of nitrogens with zero attached hydrogens (tertiary/aromatic N) is 3. The summed E-state index contributed by atoms with van der Waals surface area (Å²) in [6.07, 6.45) is 0.775. The van der Waals surface area contributed by atoms with E-state index in [2.05, 4.69) is 11.9 Å². The van der Waals surface area contributed by atoms with E-state index in [4.69, 9.17) is 11.6 Å². The molecule has 2 aromatic rings. The zero-order chi connectivity index (χ0) is 23.1. The predicted octanol–water partition coefficient (Wildman–Crippen LogP) is 4.12. The molecule has 1 aromatic carbocycles. The van der Waals surface area contributed by atoms with Crippen LogP contribution in [0.15, 0.2) is 29.2 Å². The Hall–Kier alpha value is -2.04. The molecule has 170 valence electrons. The zero-order valence-corrected chi connectivity index (χ0v) is 19.2. The van der Waals surface area contributed by atoms with Crippen LogP contribution in [0.25, 0.3) is 0 Å². The lowest BCUT2D eigenvalue weighted by molar-refractivity contribution is 0.238. The quantitative estimate of drug-likeness (QED) is 0.502. The van der Waals surface area contributed by atoms with Crippen molar-refractivity contribution in [1.82, 2.24) is 9.88 Å². The molecule has 0 bridgehead atoms. The second kappa shape index (κ2) is 8.48. The van der Waals surface area contributed by atoms with Crippen LogP contribution in [-0.4, -0.2) is 51.5 Å². The number of nitrogens with one attached hydrogen (secondary N) is 1. The van der Waals surface area contributed by atoms with E-state index >= 15 is 4.39 Å². The second-order valence-electron chi connectivity index (χ2n) is 8.52. The maximum absolute atomic E-state index is 15.1. The van der Waals surface area contributed by atoms with Crippen molar-refractivity contribution in [1.29, 1.82) is 0 Å². The van der Waals surface area contributed by atoms with Crippen LogP contribution in [0.5, 0.6) is 0 Å². The third-order valence-corrected chi connectivity index (χ3v) is 6.95. The number of benzene rings is 1. The first kappa shape index (κ1) is 23.6. The molecular formula is C20H24ClF3N4O2S. The molecule has 0 saturated carbocycles. The topological polar surface area (TPSA) is 65.5 Å². The monoisotopic (exact) mass is 476 g/mol. The fourth-order valence-corrected chi connectivity index (χ4v) is 5.79. The summed E-state index contributed by atoms with van der Waals surface area (Å²) < 4.78 is 70.3. The molecule has 0 aliphatic carbocycles. The van der Waals surface area contributed by atoms with Crippen LogP contribution in [-0.2, 0) is 10.0 Å². The lowest BCUT2D eigenvalue weighted by Crippen LogP contribution is -2.34. The Kier molecular flexibility index (Phi) is 6.46. The molecule has 6 nitrogen and oxygen atoms in total. The van der Waals surface area contributed by atoms with Gasteiger partial charge in [0, 0.05) is 25.2 Å². The summed E-state index contributed by atoms with van der Waals surface area (Å²) in [5.74, 6) is -4.06. The summed E-state index contributed by atoms with van der Waals surface area (Å²) in [7, 11) is -0.846. The molecule has 1 aromatic heterocycles. The van der Waals surface area contributed by atoms with Crippen molar-refractivity contribution in [2.75, 3.05) is 36.8 Å². The van der Waals surface area contributed by atoms with Gasteiger partial charge in [-0.2, -0.15) is 4.39 Å². The normalized spacial score (nSPS) is 21.7. The van der Waals surface area contributed by atoms with Gasteiger partial charge >= 0.3 is 0 Å². The molecule has 0 spiro atoms. The highest BCUT2D eigenvalue weighted by molar-refractivity contribution is 7.92. The van der Waals surface area contributed by atoms with E-state index in [0.717, 1.165) is 31.2 Å². The lowest BCUT2D eigenvalue weighted by atomic mass is 9.88. The van der Waals surface area contributed by atoms with Crippen molar-refractivity contribution in [3.63, 3.8) is 0 Å². The van der Waals surface area contributed by atoms with E-state index < -0.39 is 43.3 Å². The molecule has 1 fully saturated rings. The van der Waals surface area contributed by atoms with Crippen molar-refractivity contribution in [2.45, 2.75) is 31.2 Å². The Bertz CT molecular complexity index is 1100. The Labute approximate surface area is 185 Å². The van der Waals surface area contributed by atoms with Gasteiger partial charge in [0.15, 0.2) is 10.7 Å². The van der Waals surface area contributed by atoms with Crippen LogP contribution in [0.3, 0.4) is 0 Å². The molecule has 3 rings (SSSR count). The number of halogens is 4. The lowest BCUT2D eigenvalue weighted by Gasteiger charge is -2.29. The van der Waals surface area contributed by atoms with Gasteiger partial charge in [-0.3, -0.25) is 4.72 Å². The maximum atomic E-state index is 15.1. The molecule has 1 N–H and O–H groups in total. The summed E-state index contributed by atoms with van der Waals surface area (Å²) >= 11 is 6.19. The molecule has 1 aliphatic heterocycles. The molecule has 1 aliphatic rings. The van der Waals surface area contributed by atoms with Crippen LogP contribution in [0, 0.1) is 23.0 Å². The first-order valence-corrected chi connectivity index (χ1v) is 11.4. The minimum Gasteiger partial charge on any atom is -0.367 e. The highest BCUT2D eigenvalue weighted by Crippen LogP contribution is 2.43. The van der Waals surface area contributed by atoms with Gasteiger partial charge in [0.2, 0.25) is 5.95 Å². The van der Waals surface area contributed by atoms with Crippen LogP contribution < -0.4 is 9.62 Å². The molecule has 0 radical (unpaired) electrons. The van der Waals surface area contributed by atoms with Gasteiger partial charge in [-0.25, -0.2) is 22.2 Å². The molecule has 0 unspecified atom stereocenters. The van der Waals surface area contributed by atoms with Crippen LogP contribution >= 0.6 is 11.6 Å². The number of anilines is 2. The van der Waals surface area contributed by atoms with Gasteiger partial charge in [0.05, 0.1) is 5.69 Å². The molecule has 0 amide bonds. The van der Waals surface area contributed by atoms with Crippen LogP contribution in [0.2, 0.25) is 5.02 Å². The van der Waals surface area contributed by atoms with Gasteiger partial charge in [-0.15, -0.1) is 0 Å². The number of hydrogen-bond acceptors (Lipinski definition) is 5. The first-order chi connectivity index (χ1) is 14.3. The van der Waals surface area contributed by atoms with E-state index in [1.807, 2.05) is 30.6 Å². The summed E-state index contributed by atoms with van der Waals surface area (Å²) in [6, 6.07) is 4.24. The summed E-state index contributed by atoms with van der Waals surface area (Å²) in [5, 5.41) is -0.491. The van der Waals surface area contributed by atoms with Crippen molar-refractivity contribution in [3.05, 3.63) is 46.9 Å². The molecule has 11 heteroatoms. The highest BCUT2D eigenvalue weighted by Gasteiger charge is 2.41. The van der Waals surface area contributed by atoms with Gasteiger partial charge in [-0.05, 0) is 45.0 Å². The summed E-state index contributed by atoms with van der Waals surface area (Å²) in [4.78, 5) is 5.94. The fourth-order valence-electron chi connectivity index (χ4n) is 4.33. The maximum Gasteiger partial charge on any atom is 0.268 e. The minimum atomic E-state index is -4.75. The number of sulfonamides is 1. The van der Waals surface area contributed by atoms with Gasteiger partial charge < -0.3 is 9.80 Å². The Balaban J connectivity index is 1.98. The van der Waals surface area contributed by atoms with Gasteiger partial charge in [0.25, 0.3) is 10.0 Å². The smallest absolute Gasteiger partial charge is 0.268 e. The third-order valence-electron chi connectivity index (χ3n) is 5.20. The van der Waals surface area contributed by atoms with Crippen LogP contribution in [0.4, 0.5) is 24.7 Å². The average molecular weight is 477 g/mol. The summed E-state index contributed by atoms with van der Waals surface area (Å²) in [6.45, 7) is 5.28. The number of aromatic nitrogens is 1. The number of pyridine rings is 1. The Morgan fingerprint density at radius 2 is 2.00 bits per heavy atom. The molecule has 2 heterocycles. The van der Waals surface area contributed by atoms with Crippen molar-refractivity contribution < 1.29 is 21.6 Å². The molecule has 1 saturated heterocycles. The average Bonchev–Trinajstić information content (AvgIpc) is 2.90. The van der Waals surface area contributed by atoms with Gasteiger partial charge in [0.1, 0.15) is 16.7 Å². The van der Waals surface area contributed by atoms with E-state index in [-0.39, 0.29) is 17.1 Å². The first-order valence-electron chi connectivity index (χ1n) is 9.57. The van der Waals surface area contributed by atoms with Crippen LogP contribution in [0.1, 0.15) is 20.3 Å². The Morgan fingerprint density at radius 1 is 1.32 bits per heavy atom. The third kappa shape index (κ3) is 4.91. The molecule has 2 atom stereocenters. The minimum absolute atomic E-state index is 0.0571. The molecular weight excluding hydrogens is 453 g/mol.